The molecule has 2 unspecified atom stereocenters. The molecule has 1 saturated carbocycles. The molecule has 2 fully saturated rings. The monoisotopic (exact) mass is 288 g/mol. The van der Waals surface area contributed by atoms with Crippen LogP contribution in [0.15, 0.2) is 24.3 Å². The van der Waals surface area contributed by atoms with Gasteiger partial charge in [-0.05, 0) is 56.2 Å². The Bertz CT molecular complexity index is 452. The van der Waals surface area contributed by atoms with Crippen LogP contribution in [0.1, 0.15) is 55.2 Å². The van der Waals surface area contributed by atoms with Gasteiger partial charge in [-0.2, -0.15) is 0 Å². The van der Waals surface area contributed by atoms with Crippen LogP contribution >= 0.6 is 0 Å². The molecule has 0 aromatic heterocycles. The van der Waals surface area contributed by atoms with E-state index in [4.69, 9.17) is 10.5 Å². The summed E-state index contributed by atoms with van der Waals surface area (Å²) in [5.41, 5.74) is 9.07. The minimum atomic E-state index is 0.312. The van der Waals surface area contributed by atoms with E-state index in [0.717, 1.165) is 19.1 Å². The Hall–Kier alpha value is -0.900. The number of likely N-dealkylation sites (N-methyl/N-ethyl adjacent to an activating group) is 1. The number of rotatable bonds is 6. The van der Waals surface area contributed by atoms with Crippen LogP contribution in [0.5, 0.6) is 0 Å². The lowest BCUT2D eigenvalue weighted by Gasteiger charge is -2.33. The van der Waals surface area contributed by atoms with Crippen molar-refractivity contribution in [3.05, 3.63) is 35.4 Å². The van der Waals surface area contributed by atoms with Crippen LogP contribution in [0.25, 0.3) is 0 Å². The van der Waals surface area contributed by atoms with Gasteiger partial charge in [0, 0.05) is 25.7 Å². The highest BCUT2D eigenvalue weighted by Gasteiger charge is 2.29. The van der Waals surface area contributed by atoms with Crippen LogP contribution in [0.2, 0.25) is 0 Å². The number of ether oxygens (including phenoxy) is 1. The van der Waals surface area contributed by atoms with Gasteiger partial charge >= 0.3 is 0 Å². The third-order valence-electron chi connectivity index (χ3n) is 4.89. The summed E-state index contributed by atoms with van der Waals surface area (Å²) in [6.45, 7) is 2.58. The molecule has 0 bridgehead atoms. The Kier molecular flexibility index (Phi) is 4.94. The number of hydrogen-bond donors (Lipinski definition) is 1. The molecule has 116 valence electrons. The van der Waals surface area contributed by atoms with E-state index in [1.807, 2.05) is 0 Å². The molecule has 1 heterocycles. The van der Waals surface area contributed by atoms with E-state index >= 15 is 0 Å². The van der Waals surface area contributed by atoms with Crippen LogP contribution in [0, 0.1) is 0 Å². The predicted octanol–water partition coefficient (Wildman–Crippen LogP) is 3.06. The van der Waals surface area contributed by atoms with Crippen molar-refractivity contribution in [1.29, 1.82) is 0 Å². The fraction of sp³-hybridized carbons (Fsp3) is 0.667. The smallest absolute Gasteiger partial charge is 0.0702 e. The quantitative estimate of drug-likeness (QED) is 0.874. The second-order valence-corrected chi connectivity index (χ2v) is 6.58. The molecule has 3 nitrogen and oxygen atoms in total. The van der Waals surface area contributed by atoms with E-state index in [2.05, 4.69) is 36.2 Å². The van der Waals surface area contributed by atoms with Gasteiger partial charge in [-0.25, -0.2) is 0 Å². The molecule has 1 aliphatic heterocycles. The first-order valence-corrected chi connectivity index (χ1v) is 8.40. The first-order chi connectivity index (χ1) is 10.3. The molecule has 2 aliphatic rings. The second kappa shape index (κ2) is 6.91. The second-order valence-electron chi connectivity index (χ2n) is 6.58. The van der Waals surface area contributed by atoms with Crippen molar-refractivity contribution < 1.29 is 4.74 Å². The maximum atomic E-state index is 6.12. The summed E-state index contributed by atoms with van der Waals surface area (Å²) in [6.07, 6.45) is 6.75. The summed E-state index contributed by atoms with van der Waals surface area (Å²) < 4.78 is 5.89. The SMILES string of the molecule is CN(CC1CCCCO1)C(CN)c1ccccc1C1CC1. The molecular formula is C18H28N2O. The van der Waals surface area contributed by atoms with Gasteiger partial charge < -0.3 is 10.5 Å². The highest BCUT2D eigenvalue weighted by atomic mass is 16.5. The Labute approximate surface area is 128 Å². The highest BCUT2D eigenvalue weighted by Crippen LogP contribution is 2.43. The fourth-order valence-corrected chi connectivity index (χ4v) is 3.52. The predicted molar refractivity (Wildman–Crippen MR) is 86.4 cm³/mol. The first-order valence-electron chi connectivity index (χ1n) is 8.40. The molecular weight excluding hydrogens is 260 g/mol. The van der Waals surface area contributed by atoms with E-state index in [-0.39, 0.29) is 0 Å². The lowest BCUT2D eigenvalue weighted by molar-refractivity contribution is -0.00783. The minimum Gasteiger partial charge on any atom is -0.377 e. The number of hydrogen-bond acceptors (Lipinski definition) is 3. The summed E-state index contributed by atoms with van der Waals surface area (Å²) in [6, 6.07) is 9.18. The molecule has 1 saturated heterocycles. The van der Waals surface area contributed by atoms with E-state index in [1.54, 1.807) is 0 Å². The molecule has 3 rings (SSSR count). The number of benzene rings is 1. The molecule has 2 N–H and O–H groups in total. The van der Waals surface area contributed by atoms with Gasteiger partial charge in [-0.1, -0.05) is 24.3 Å². The standard InChI is InChI=1S/C18H28N2O/c1-20(13-15-6-4-5-11-21-15)18(12-19)17-8-3-2-7-16(17)14-9-10-14/h2-3,7-8,14-15,18H,4-6,9-13,19H2,1H3. The normalized spacial score (nSPS) is 24.2. The van der Waals surface area contributed by atoms with Gasteiger partial charge in [0.15, 0.2) is 0 Å². The first kappa shape index (κ1) is 15.0. The minimum absolute atomic E-state index is 0.312. The summed E-state index contributed by atoms with van der Waals surface area (Å²) >= 11 is 0. The molecule has 0 amide bonds. The van der Waals surface area contributed by atoms with Crippen LogP contribution in [-0.2, 0) is 4.74 Å². The van der Waals surface area contributed by atoms with Crippen molar-refractivity contribution in [3.8, 4) is 0 Å². The number of nitrogens with zero attached hydrogens (tertiary/aromatic N) is 1. The van der Waals surface area contributed by atoms with E-state index in [0.29, 0.717) is 18.7 Å². The Morgan fingerprint density at radius 3 is 2.71 bits per heavy atom. The summed E-state index contributed by atoms with van der Waals surface area (Å²) in [4.78, 5) is 2.40. The average molecular weight is 288 g/mol. The zero-order valence-electron chi connectivity index (χ0n) is 13.1. The molecule has 1 aromatic rings. The molecule has 0 spiro atoms. The zero-order valence-corrected chi connectivity index (χ0v) is 13.1. The van der Waals surface area contributed by atoms with Crippen molar-refractivity contribution in [3.63, 3.8) is 0 Å². The summed E-state index contributed by atoms with van der Waals surface area (Å²) in [5.74, 6) is 0.773. The van der Waals surface area contributed by atoms with E-state index in [1.165, 1.54) is 43.2 Å². The van der Waals surface area contributed by atoms with Crippen LogP contribution in [-0.4, -0.2) is 37.7 Å². The molecule has 1 aliphatic carbocycles. The molecule has 21 heavy (non-hydrogen) atoms. The number of nitrogens with two attached hydrogens (primary N) is 1. The molecule has 0 radical (unpaired) electrons. The van der Waals surface area contributed by atoms with Crippen LogP contribution in [0.3, 0.4) is 0 Å². The third-order valence-corrected chi connectivity index (χ3v) is 4.89. The van der Waals surface area contributed by atoms with Gasteiger partial charge in [-0.15, -0.1) is 0 Å². The van der Waals surface area contributed by atoms with Crippen molar-refractivity contribution in [2.45, 2.75) is 50.2 Å². The molecule has 2 atom stereocenters. The van der Waals surface area contributed by atoms with Crippen molar-refractivity contribution in [1.82, 2.24) is 4.90 Å². The summed E-state index contributed by atoms with van der Waals surface area (Å²) in [7, 11) is 2.19. The van der Waals surface area contributed by atoms with Gasteiger partial charge in [0.05, 0.1) is 6.10 Å². The van der Waals surface area contributed by atoms with Crippen molar-refractivity contribution in [2.24, 2.45) is 5.73 Å². The van der Waals surface area contributed by atoms with E-state index < -0.39 is 0 Å². The van der Waals surface area contributed by atoms with Gasteiger partial charge in [0.25, 0.3) is 0 Å². The zero-order chi connectivity index (χ0) is 14.7. The topological polar surface area (TPSA) is 38.5 Å². The van der Waals surface area contributed by atoms with E-state index in [9.17, 15) is 0 Å². The highest BCUT2D eigenvalue weighted by molar-refractivity contribution is 5.35. The van der Waals surface area contributed by atoms with Crippen LogP contribution in [0.4, 0.5) is 0 Å². The lowest BCUT2D eigenvalue weighted by atomic mass is 9.95. The largest absolute Gasteiger partial charge is 0.377 e. The van der Waals surface area contributed by atoms with Crippen molar-refractivity contribution >= 4 is 0 Å². The average Bonchev–Trinajstić information content (AvgIpc) is 3.34. The Balaban J connectivity index is 1.71. The summed E-state index contributed by atoms with van der Waals surface area (Å²) in [5, 5.41) is 0. The van der Waals surface area contributed by atoms with Gasteiger partial charge in [0.2, 0.25) is 0 Å². The fourth-order valence-electron chi connectivity index (χ4n) is 3.52. The molecule has 3 heteroatoms. The maximum Gasteiger partial charge on any atom is 0.0702 e. The van der Waals surface area contributed by atoms with Gasteiger partial charge in [-0.3, -0.25) is 4.90 Å². The van der Waals surface area contributed by atoms with Gasteiger partial charge in [0.1, 0.15) is 0 Å². The Morgan fingerprint density at radius 1 is 1.24 bits per heavy atom. The van der Waals surface area contributed by atoms with Crippen molar-refractivity contribution in [2.75, 3.05) is 26.7 Å². The Morgan fingerprint density at radius 2 is 2.05 bits per heavy atom. The maximum absolute atomic E-state index is 6.12. The lowest BCUT2D eigenvalue weighted by Crippen LogP contribution is -2.38. The third kappa shape index (κ3) is 3.65. The molecule has 1 aromatic carbocycles. The van der Waals surface area contributed by atoms with Crippen LogP contribution < -0.4 is 5.73 Å².